The summed E-state index contributed by atoms with van der Waals surface area (Å²) >= 11 is 2.16. The van der Waals surface area contributed by atoms with E-state index in [9.17, 15) is 14.7 Å². The largest absolute Gasteiger partial charge is 0.490 e. The van der Waals surface area contributed by atoms with Crippen molar-refractivity contribution in [3.8, 4) is 29.1 Å². The molecule has 0 spiro atoms. The number of ether oxygens (including phenoxy) is 5. The van der Waals surface area contributed by atoms with Crippen LogP contribution in [-0.2, 0) is 16.1 Å². The van der Waals surface area contributed by atoms with Crippen LogP contribution >= 0.6 is 22.6 Å². The Morgan fingerprint density at radius 3 is 2.48 bits per heavy atom. The maximum absolute atomic E-state index is 12.5. The van der Waals surface area contributed by atoms with Crippen molar-refractivity contribution < 1.29 is 38.4 Å². The number of rotatable bonds is 15. The highest BCUT2D eigenvalue weighted by atomic mass is 127. The molecular formula is C34H36IN5O8. The molecule has 0 fully saturated rings. The van der Waals surface area contributed by atoms with E-state index in [1.807, 2.05) is 32.0 Å². The van der Waals surface area contributed by atoms with Gasteiger partial charge in [-0.05, 0) is 96.5 Å². The van der Waals surface area contributed by atoms with Crippen molar-refractivity contribution in [1.82, 2.24) is 16.1 Å². The number of benzene rings is 3. The molecule has 4 N–H and O–H groups in total. The van der Waals surface area contributed by atoms with E-state index in [2.05, 4.69) is 49.8 Å². The molecule has 252 valence electrons. The molecule has 0 bridgehead atoms. The summed E-state index contributed by atoms with van der Waals surface area (Å²) in [7, 11) is 1.27. The first-order chi connectivity index (χ1) is 23.2. The summed E-state index contributed by atoms with van der Waals surface area (Å²) in [5.41, 5.74) is 6.08. The number of methoxy groups -OCH3 is 1. The first-order valence-corrected chi connectivity index (χ1v) is 16.1. The van der Waals surface area contributed by atoms with E-state index in [1.54, 1.807) is 49.5 Å². The van der Waals surface area contributed by atoms with Gasteiger partial charge in [0.25, 0.3) is 0 Å². The first kappa shape index (κ1) is 35.8. The summed E-state index contributed by atoms with van der Waals surface area (Å²) in [5, 5.41) is 29.0. The third-order valence-electron chi connectivity index (χ3n) is 6.91. The highest BCUT2D eigenvalue weighted by Crippen LogP contribution is 2.36. The summed E-state index contributed by atoms with van der Waals surface area (Å²) in [6.45, 7) is 6.20. The standard InChI is InChI=1S/C34H36IN5O8/c1-5-45-27-15-24(31-30(33(42)44-4)20(3)38-34(43)39-31)11-12-26(27)47-19-29(41)40-37-17-23-13-25(35)32(28(14-23)46-6-2)48-18-22-9-7-21(16-36)8-10-22/h7-15,17,29,31,40-41H,5-6,18-19H2,1-4H3,(H2,38,39,43)/b37-17+/t29-,31+/m0/s1. The van der Waals surface area contributed by atoms with Crippen molar-refractivity contribution in [2.45, 2.75) is 39.6 Å². The molecule has 2 amide bonds. The molecule has 1 aliphatic heterocycles. The fraction of sp³-hybridized carbons (Fsp3) is 0.294. The molecule has 14 heteroatoms. The number of aliphatic hydroxyl groups is 1. The summed E-state index contributed by atoms with van der Waals surface area (Å²) in [5.74, 6) is 1.26. The van der Waals surface area contributed by atoms with Crippen LogP contribution < -0.4 is 35.0 Å². The number of allylic oxidation sites excluding steroid dienone is 1. The first-order valence-electron chi connectivity index (χ1n) is 15.0. The fourth-order valence-corrected chi connectivity index (χ4v) is 5.50. The zero-order chi connectivity index (χ0) is 34.6. The van der Waals surface area contributed by atoms with Crippen molar-refractivity contribution in [1.29, 1.82) is 5.26 Å². The van der Waals surface area contributed by atoms with Gasteiger partial charge in [-0.25, -0.2) is 9.59 Å². The predicted molar refractivity (Wildman–Crippen MR) is 185 cm³/mol. The minimum absolute atomic E-state index is 0.170. The number of esters is 1. The Kier molecular flexibility index (Phi) is 12.9. The van der Waals surface area contributed by atoms with Crippen LogP contribution in [0.4, 0.5) is 4.79 Å². The number of nitrogens with zero attached hydrogens (tertiary/aromatic N) is 2. The normalized spacial score (nSPS) is 14.8. The molecule has 3 aromatic carbocycles. The molecular weight excluding hydrogens is 733 g/mol. The number of amides is 2. The summed E-state index contributed by atoms with van der Waals surface area (Å²) < 4.78 is 29.2. The maximum atomic E-state index is 12.5. The summed E-state index contributed by atoms with van der Waals surface area (Å²) in [6.07, 6.45) is 0.372. The monoisotopic (exact) mass is 769 g/mol. The third kappa shape index (κ3) is 9.29. The topological polar surface area (TPSA) is 173 Å². The second kappa shape index (κ2) is 17.2. The van der Waals surface area contributed by atoms with E-state index < -0.39 is 24.3 Å². The predicted octanol–water partition coefficient (Wildman–Crippen LogP) is 4.66. The molecule has 13 nitrogen and oxygen atoms in total. The lowest BCUT2D eigenvalue weighted by Crippen LogP contribution is -2.45. The van der Waals surface area contributed by atoms with Gasteiger partial charge in [0.2, 0.25) is 0 Å². The summed E-state index contributed by atoms with van der Waals surface area (Å²) in [4.78, 5) is 24.7. The number of hydrazone groups is 1. The van der Waals surface area contributed by atoms with Crippen LogP contribution in [0.3, 0.4) is 0 Å². The molecule has 0 unspecified atom stereocenters. The Labute approximate surface area is 292 Å². The number of halogens is 1. The molecule has 0 saturated heterocycles. The smallest absolute Gasteiger partial charge is 0.337 e. The van der Waals surface area contributed by atoms with Gasteiger partial charge in [-0.1, -0.05) is 18.2 Å². The van der Waals surface area contributed by atoms with E-state index in [0.717, 1.165) is 9.13 Å². The minimum atomic E-state index is -1.17. The number of hydrogen-bond donors (Lipinski definition) is 4. The van der Waals surface area contributed by atoms with Crippen LogP contribution in [0.2, 0.25) is 0 Å². The molecule has 0 radical (unpaired) electrons. The van der Waals surface area contributed by atoms with Crippen molar-refractivity contribution in [2.24, 2.45) is 5.10 Å². The summed E-state index contributed by atoms with van der Waals surface area (Å²) in [6, 6.07) is 16.7. The molecule has 0 saturated carbocycles. The molecule has 3 aromatic rings. The Hall–Kier alpha value is -5.01. The quantitative estimate of drug-likeness (QED) is 0.0560. The lowest BCUT2D eigenvalue weighted by Gasteiger charge is -2.28. The van der Waals surface area contributed by atoms with Crippen LogP contribution in [0.15, 0.2) is 71.0 Å². The SMILES string of the molecule is CCOc1cc([C@H]2NC(=O)NC(C)=C2C(=O)OC)ccc1OC[C@H](O)N/N=C/c1cc(I)c(OCc2ccc(C#N)cc2)c(OCC)c1. The van der Waals surface area contributed by atoms with Crippen LogP contribution in [0.1, 0.15) is 49.1 Å². The third-order valence-corrected chi connectivity index (χ3v) is 7.71. The molecule has 1 heterocycles. The number of carbonyl (C=O) groups is 2. The minimum Gasteiger partial charge on any atom is -0.490 e. The highest BCUT2D eigenvalue weighted by Gasteiger charge is 2.32. The van der Waals surface area contributed by atoms with E-state index in [4.69, 9.17) is 28.9 Å². The van der Waals surface area contributed by atoms with Gasteiger partial charge < -0.3 is 39.4 Å². The molecule has 2 atom stereocenters. The molecule has 1 aliphatic rings. The number of hydrogen-bond acceptors (Lipinski definition) is 11. The van der Waals surface area contributed by atoms with Crippen molar-refractivity contribution in [3.05, 3.63) is 91.7 Å². The molecule has 0 aliphatic carbocycles. The molecule has 4 rings (SSSR count). The van der Waals surface area contributed by atoms with Crippen LogP contribution in [0.5, 0.6) is 23.0 Å². The number of urea groups is 1. The fourth-order valence-electron chi connectivity index (χ4n) is 4.72. The van der Waals surface area contributed by atoms with Gasteiger partial charge in [-0.2, -0.15) is 10.4 Å². The Morgan fingerprint density at radius 2 is 1.79 bits per heavy atom. The lowest BCUT2D eigenvalue weighted by molar-refractivity contribution is -0.136. The number of carbonyl (C=O) groups excluding carboxylic acids is 2. The van der Waals surface area contributed by atoms with E-state index in [-0.39, 0.29) is 12.2 Å². The van der Waals surface area contributed by atoms with Crippen LogP contribution in [0, 0.1) is 14.9 Å². The Bertz CT molecular complexity index is 1720. The van der Waals surface area contributed by atoms with Gasteiger partial charge in [-0.3, -0.25) is 5.43 Å². The van der Waals surface area contributed by atoms with Crippen LogP contribution in [0.25, 0.3) is 0 Å². The van der Waals surface area contributed by atoms with Crippen LogP contribution in [-0.4, -0.2) is 56.5 Å². The Balaban J connectivity index is 1.40. The van der Waals surface area contributed by atoms with E-state index in [0.29, 0.717) is 65.2 Å². The van der Waals surface area contributed by atoms with Gasteiger partial charge in [0.1, 0.15) is 13.2 Å². The Morgan fingerprint density at radius 1 is 1.06 bits per heavy atom. The number of aliphatic hydroxyl groups excluding tert-OH is 1. The molecule has 0 aromatic heterocycles. The average Bonchev–Trinajstić information content (AvgIpc) is 3.07. The van der Waals surface area contributed by atoms with Crippen molar-refractivity contribution >= 4 is 40.8 Å². The maximum Gasteiger partial charge on any atom is 0.337 e. The van der Waals surface area contributed by atoms with E-state index >= 15 is 0 Å². The zero-order valence-corrected chi connectivity index (χ0v) is 29.0. The second-order valence-corrected chi connectivity index (χ2v) is 11.4. The van der Waals surface area contributed by atoms with Crippen molar-refractivity contribution in [2.75, 3.05) is 26.9 Å². The van der Waals surface area contributed by atoms with E-state index in [1.165, 1.54) is 7.11 Å². The number of nitriles is 1. The van der Waals surface area contributed by atoms with Gasteiger partial charge in [0.15, 0.2) is 29.2 Å². The van der Waals surface area contributed by atoms with Gasteiger partial charge in [0, 0.05) is 5.70 Å². The number of nitrogens with one attached hydrogen (secondary N) is 3. The second-order valence-electron chi connectivity index (χ2n) is 10.3. The van der Waals surface area contributed by atoms with Gasteiger partial charge in [-0.15, -0.1) is 0 Å². The highest BCUT2D eigenvalue weighted by molar-refractivity contribution is 14.1. The van der Waals surface area contributed by atoms with Crippen molar-refractivity contribution in [3.63, 3.8) is 0 Å². The lowest BCUT2D eigenvalue weighted by atomic mass is 9.95. The zero-order valence-electron chi connectivity index (χ0n) is 26.8. The average molecular weight is 770 g/mol. The van der Waals surface area contributed by atoms with Gasteiger partial charge >= 0.3 is 12.0 Å². The van der Waals surface area contributed by atoms with Gasteiger partial charge in [0.05, 0.1) is 53.4 Å². The molecule has 48 heavy (non-hydrogen) atoms.